The summed E-state index contributed by atoms with van der Waals surface area (Å²) in [4.78, 5) is 0. The lowest BCUT2D eigenvalue weighted by atomic mass is 10.1. The molecule has 0 aliphatic rings. The fraction of sp³-hybridized carbons (Fsp3) is 0.250. The van der Waals surface area contributed by atoms with E-state index in [-0.39, 0.29) is 5.60 Å². The summed E-state index contributed by atoms with van der Waals surface area (Å²) >= 11 is 0. The highest BCUT2D eigenvalue weighted by atomic mass is 16.5. The van der Waals surface area contributed by atoms with Crippen LogP contribution in [0.5, 0.6) is 5.75 Å². The molecule has 0 aliphatic carbocycles. The minimum atomic E-state index is -0.298. The van der Waals surface area contributed by atoms with E-state index in [0.29, 0.717) is 5.75 Å². The highest BCUT2D eigenvalue weighted by Gasteiger charge is 2.12. The molecule has 0 saturated heterocycles. The molecule has 1 aromatic rings. The van der Waals surface area contributed by atoms with Crippen molar-refractivity contribution in [3.63, 3.8) is 0 Å². The van der Waals surface area contributed by atoms with E-state index in [4.69, 9.17) is 15.3 Å². The zero-order chi connectivity index (χ0) is 14.3. The van der Waals surface area contributed by atoms with Gasteiger partial charge in [0.05, 0.1) is 12.1 Å². The fourth-order valence-electron chi connectivity index (χ4n) is 1.52. The average Bonchev–Trinajstić information content (AvgIpc) is 2.31. The van der Waals surface area contributed by atoms with Crippen molar-refractivity contribution >= 4 is 12.2 Å². The molecule has 0 fully saturated rings. The van der Waals surface area contributed by atoms with Gasteiger partial charge in [0.1, 0.15) is 11.4 Å². The van der Waals surface area contributed by atoms with Crippen LogP contribution in [0.25, 0.3) is 12.2 Å². The van der Waals surface area contributed by atoms with Gasteiger partial charge in [-0.05, 0) is 62.2 Å². The summed E-state index contributed by atoms with van der Waals surface area (Å²) in [5.74, 6) is 0.713. The van der Waals surface area contributed by atoms with Gasteiger partial charge in [-0.2, -0.15) is 10.5 Å². The Kier molecular flexibility index (Phi) is 4.92. The van der Waals surface area contributed by atoms with Gasteiger partial charge in [-0.25, -0.2) is 0 Å². The minimum absolute atomic E-state index is 0.298. The molecule has 19 heavy (non-hydrogen) atoms. The van der Waals surface area contributed by atoms with Crippen molar-refractivity contribution in [2.45, 2.75) is 26.4 Å². The van der Waals surface area contributed by atoms with Crippen molar-refractivity contribution in [2.24, 2.45) is 0 Å². The number of nitriles is 2. The number of benzene rings is 1. The maximum absolute atomic E-state index is 8.57. The van der Waals surface area contributed by atoms with E-state index in [2.05, 4.69) is 0 Å². The zero-order valence-electron chi connectivity index (χ0n) is 11.3. The van der Waals surface area contributed by atoms with Gasteiger partial charge in [-0.15, -0.1) is 0 Å². The third-order valence-corrected chi connectivity index (χ3v) is 2.08. The predicted octanol–water partition coefficient (Wildman–Crippen LogP) is 3.94. The Morgan fingerprint density at radius 3 is 1.79 bits per heavy atom. The number of allylic oxidation sites excluding steroid dienone is 2. The first-order valence-electron chi connectivity index (χ1n) is 5.91. The summed E-state index contributed by atoms with van der Waals surface area (Å²) in [5.41, 5.74) is 1.43. The first-order chi connectivity index (χ1) is 8.94. The Hall–Kier alpha value is -2.52. The summed E-state index contributed by atoms with van der Waals surface area (Å²) in [7, 11) is 0. The molecule has 0 aliphatic heterocycles. The lowest BCUT2D eigenvalue weighted by Crippen LogP contribution is -2.23. The van der Waals surface area contributed by atoms with Crippen LogP contribution in [0.2, 0.25) is 0 Å². The quantitative estimate of drug-likeness (QED) is 0.765. The molecule has 0 radical (unpaired) electrons. The monoisotopic (exact) mass is 252 g/mol. The van der Waals surface area contributed by atoms with Gasteiger partial charge >= 0.3 is 0 Å². The van der Waals surface area contributed by atoms with Gasteiger partial charge < -0.3 is 4.74 Å². The van der Waals surface area contributed by atoms with Gasteiger partial charge in [0.2, 0.25) is 0 Å². The molecule has 1 rings (SSSR count). The van der Waals surface area contributed by atoms with Gasteiger partial charge in [-0.1, -0.05) is 0 Å². The van der Waals surface area contributed by atoms with Crippen LogP contribution in [0.3, 0.4) is 0 Å². The SMILES string of the molecule is CC(C)(C)Oc1cc(/C=C/C#N)cc(/C=C/C#N)c1. The smallest absolute Gasteiger partial charge is 0.121 e. The normalized spacial score (nSPS) is 11.4. The zero-order valence-corrected chi connectivity index (χ0v) is 11.3. The number of ether oxygens (including phenoxy) is 1. The van der Waals surface area contributed by atoms with Crippen LogP contribution in [0.4, 0.5) is 0 Å². The van der Waals surface area contributed by atoms with E-state index < -0.39 is 0 Å². The molecular weight excluding hydrogens is 236 g/mol. The number of hydrogen-bond acceptors (Lipinski definition) is 3. The summed E-state index contributed by atoms with van der Waals surface area (Å²) < 4.78 is 5.81. The van der Waals surface area contributed by atoms with Crippen LogP contribution in [0, 0.1) is 22.7 Å². The van der Waals surface area contributed by atoms with E-state index in [0.717, 1.165) is 11.1 Å². The molecule has 0 bridgehead atoms. The second-order valence-electron chi connectivity index (χ2n) is 4.97. The number of rotatable bonds is 3. The maximum Gasteiger partial charge on any atom is 0.121 e. The second-order valence-corrected chi connectivity index (χ2v) is 4.97. The molecule has 3 heteroatoms. The van der Waals surface area contributed by atoms with Crippen LogP contribution in [0.1, 0.15) is 31.9 Å². The average molecular weight is 252 g/mol. The lowest BCUT2D eigenvalue weighted by Gasteiger charge is -2.21. The van der Waals surface area contributed by atoms with E-state index >= 15 is 0 Å². The fourth-order valence-corrected chi connectivity index (χ4v) is 1.52. The van der Waals surface area contributed by atoms with Gasteiger partial charge in [0.15, 0.2) is 0 Å². The largest absolute Gasteiger partial charge is 0.488 e. The van der Waals surface area contributed by atoms with Crippen LogP contribution in [-0.2, 0) is 0 Å². The van der Waals surface area contributed by atoms with Gasteiger partial charge in [0, 0.05) is 12.2 Å². The van der Waals surface area contributed by atoms with Crippen LogP contribution in [0.15, 0.2) is 30.4 Å². The van der Waals surface area contributed by atoms with Crippen molar-refractivity contribution in [3.05, 3.63) is 41.5 Å². The van der Waals surface area contributed by atoms with Crippen LogP contribution in [-0.4, -0.2) is 5.60 Å². The molecule has 0 aromatic heterocycles. The molecule has 0 heterocycles. The Bertz CT molecular complexity index is 536. The molecular formula is C16H16N2O. The summed E-state index contributed by atoms with van der Waals surface area (Å²) in [6.07, 6.45) is 6.24. The first-order valence-corrected chi connectivity index (χ1v) is 5.91. The van der Waals surface area contributed by atoms with E-state index in [1.807, 2.05) is 51.1 Å². The molecule has 0 N–H and O–H groups in total. The first kappa shape index (κ1) is 14.5. The summed E-state index contributed by atoms with van der Waals surface area (Å²) in [5, 5.41) is 17.1. The highest BCUT2D eigenvalue weighted by Crippen LogP contribution is 2.23. The molecule has 3 nitrogen and oxygen atoms in total. The maximum atomic E-state index is 8.57. The molecule has 0 atom stereocenters. The molecule has 0 spiro atoms. The minimum Gasteiger partial charge on any atom is -0.488 e. The summed E-state index contributed by atoms with van der Waals surface area (Å²) in [6.45, 7) is 5.90. The van der Waals surface area contributed by atoms with E-state index in [1.54, 1.807) is 12.2 Å². The van der Waals surface area contributed by atoms with Crippen molar-refractivity contribution in [3.8, 4) is 17.9 Å². The highest BCUT2D eigenvalue weighted by molar-refractivity contribution is 5.62. The number of nitrogens with zero attached hydrogens (tertiary/aromatic N) is 2. The molecule has 0 saturated carbocycles. The Balaban J connectivity index is 3.17. The Morgan fingerprint density at radius 1 is 0.947 bits per heavy atom. The van der Waals surface area contributed by atoms with E-state index in [1.165, 1.54) is 12.2 Å². The van der Waals surface area contributed by atoms with Gasteiger partial charge in [-0.3, -0.25) is 0 Å². The third-order valence-electron chi connectivity index (χ3n) is 2.08. The van der Waals surface area contributed by atoms with Gasteiger partial charge in [0.25, 0.3) is 0 Å². The topological polar surface area (TPSA) is 56.8 Å². The predicted molar refractivity (Wildman–Crippen MR) is 76.1 cm³/mol. The van der Waals surface area contributed by atoms with Crippen molar-refractivity contribution < 1.29 is 4.74 Å². The van der Waals surface area contributed by atoms with E-state index in [9.17, 15) is 0 Å². The van der Waals surface area contributed by atoms with Crippen molar-refractivity contribution in [2.75, 3.05) is 0 Å². The van der Waals surface area contributed by atoms with Crippen molar-refractivity contribution in [1.29, 1.82) is 10.5 Å². The second kappa shape index (κ2) is 6.42. The standard InChI is InChI=1S/C16H16N2O/c1-16(2,3)19-15-11-13(6-4-8-17)10-14(12-15)7-5-9-18/h4-7,10-12H,1-3H3/b6-4+,7-5+. The third kappa shape index (κ3) is 5.57. The van der Waals surface area contributed by atoms with Crippen molar-refractivity contribution in [1.82, 2.24) is 0 Å². The molecule has 0 unspecified atom stereocenters. The Labute approximate surface area is 114 Å². The Morgan fingerprint density at radius 2 is 1.42 bits per heavy atom. The lowest BCUT2D eigenvalue weighted by molar-refractivity contribution is 0.131. The van der Waals surface area contributed by atoms with Crippen LogP contribution < -0.4 is 4.74 Å². The summed E-state index contributed by atoms with van der Waals surface area (Å²) in [6, 6.07) is 9.52. The number of hydrogen-bond donors (Lipinski definition) is 0. The molecule has 1 aromatic carbocycles. The molecule has 96 valence electrons. The molecule has 0 amide bonds. The van der Waals surface area contributed by atoms with Crippen LogP contribution >= 0.6 is 0 Å².